The second kappa shape index (κ2) is 8.97. The van der Waals surface area contributed by atoms with Crippen molar-refractivity contribution in [1.82, 2.24) is 4.90 Å². The number of rotatable bonds is 5. The van der Waals surface area contributed by atoms with Crippen LogP contribution in [0, 0.1) is 11.3 Å². The van der Waals surface area contributed by atoms with Crippen molar-refractivity contribution in [2.45, 2.75) is 12.8 Å². The molecule has 2 amide bonds. The number of urea groups is 1. The van der Waals surface area contributed by atoms with E-state index in [-0.39, 0.29) is 0 Å². The summed E-state index contributed by atoms with van der Waals surface area (Å²) in [4.78, 5) is 13.8. The zero-order chi connectivity index (χ0) is 21.8. The van der Waals surface area contributed by atoms with Crippen LogP contribution in [0.4, 0.5) is 4.79 Å². The third-order valence-corrected chi connectivity index (χ3v) is 5.91. The van der Waals surface area contributed by atoms with Gasteiger partial charge in [-0.25, -0.2) is 4.79 Å². The zero-order valence-corrected chi connectivity index (χ0v) is 18.1. The summed E-state index contributed by atoms with van der Waals surface area (Å²) < 4.78 is 11.2. The van der Waals surface area contributed by atoms with E-state index in [1.165, 1.54) is 16.7 Å². The predicted octanol–water partition coefficient (Wildman–Crippen LogP) is 4.71. The van der Waals surface area contributed by atoms with Gasteiger partial charge in [0.2, 0.25) is 0 Å². The van der Waals surface area contributed by atoms with E-state index in [2.05, 4.69) is 6.07 Å². The Bertz CT molecular complexity index is 1090. The monoisotopic (exact) mass is 421 g/mol. The quantitative estimate of drug-likeness (QED) is 0.755. The molecule has 0 aliphatic carbocycles. The minimum Gasteiger partial charge on any atom is -0.496 e. The molecule has 30 heavy (non-hydrogen) atoms. The van der Waals surface area contributed by atoms with Crippen molar-refractivity contribution in [2.24, 2.45) is 5.73 Å². The molecule has 0 saturated heterocycles. The Hall–Kier alpha value is -3.37. The summed E-state index contributed by atoms with van der Waals surface area (Å²) in [5.41, 5.74) is 9.18. The van der Waals surface area contributed by atoms with E-state index < -0.39 is 11.9 Å². The average Bonchev–Trinajstić information content (AvgIpc) is 2.77. The Morgan fingerprint density at radius 3 is 2.27 bits per heavy atom. The third-order valence-electron chi connectivity index (χ3n) is 5.12. The van der Waals surface area contributed by atoms with Crippen LogP contribution >= 0.6 is 11.8 Å². The number of hydrogen-bond acceptors (Lipinski definition) is 5. The number of primary amides is 1. The molecule has 6 nitrogen and oxygen atoms in total. The maximum atomic E-state index is 12.4. The van der Waals surface area contributed by atoms with Gasteiger partial charge in [-0.1, -0.05) is 36.4 Å². The molecule has 1 unspecified atom stereocenters. The van der Waals surface area contributed by atoms with Gasteiger partial charge in [-0.05, 0) is 30.9 Å². The maximum Gasteiger partial charge on any atom is 0.324 e. The predicted molar refractivity (Wildman–Crippen MR) is 119 cm³/mol. The molecule has 0 saturated carbocycles. The van der Waals surface area contributed by atoms with Crippen molar-refractivity contribution in [2.75, 3.05) is 20.5 Å². The number of benzene rings is 2. The minimum atomic E-state index is -0.643. The number of para-hydroxylation sites is 2. The summed E-state index contributed by atoms with van der Waals surface area (Å²) in [6, 6.07) is 16.8. The van der Waals surface area contributed by atoms with Gasteiger partial charge in [0.05, 0.1) is 36.8 Å². The van der Waals surface area contributed by atoms with Crippen LogP contribution in [0.25, 0.3) is 5.57 Å². The van der Waals surface area contributed by atoms with Gasteiger partial charge in [0.1, 0.15) is 11.5 Å². The Labute approximate surface area is 180 Å². The highest BCUT2D eigenvalue weighted by atomic mass is 32.2. The molecule has 2 aromatic rings. The van der Waals surface area contributed by atoms with Gasteiger partial charge in [0.25, 0.3) is 0 Å². The van der Waals surface area contributed by atoms with Gasteiger partial charge in [-0.2, -0.15) is 5.26 Å². The summed E-state index contributed by atoms with van der Waals surface area (Å²) in [7, 11) is 3.19. The lowest BCUT2D eigenvalue weighted by atomic mass is 9.78. The number of nitrogens with zero attached hydrogens (tertiary/aromatic N) is 2. The molecule has 0 spiro atoms. The second-order valence-electron chi connectivity index (χ2n) is 6.58. The Kier molecular flexibility index (Phi) is 6.38. The largest absolute Gasteiger partial charge is 0.496 e. The molecule has 1 atom stereocenters. The molecule has 154 valence electrons. The summed E-state index contributed by atoms with van der Waals surface area (Å²) in [5.74, 6) is 0.838. The van der Waals surface area contributed by atoms with Crippen LogP contribution in [0.2, 0.25) is 0 Å². The van der Waals surface area contributed by atoms with Crippen LogP contribution in [-0.2, 0) is 0 Å². The number of carbonyl (C=O) groups excluding carboxylic acids is 1. The van der Waals surface area contributed by atoms with Gasteiger partial charge in [-0.3, -0.25) is 4.90 Å². The lowest BCUT2D eigenvalue weighted by Gasteiger charge is -2.36. The fourth-order valence-corrected chi connectivity index (χ4v) is 4.68. The SMILES string of the molecule is COc1ccccc1C1=C(C)N(C(N)=O)C(SC)=C(C#N)C1c1ccccc1OC. The number of amides is 2. The van der Waals surface area contributed by atoms with E-state index >= 15 is 0 Å². The molecular weight excluding hydrogens is 398 g/mol. The number of hydrogen-bond donors (Lipinski definition) is 1. The van der Waals surface area contributed by atoms with Crippen molar-refractivity contribution in [1.29, 1.82) is 5.26 Å². The highest BCUT2D eigenvalue weighted by molar-refractivity contribution is 8.02. The second-order valence-corrected chi connectivity index (χ2v) is 7.38. The van der Waals surface area contributed by atoms with Crippen molar-refractivity contribution >= 4 is 23.4 Å². The van der Waals surface area contributed by atoms with Crippen molar-refractivity contribution in [3.05, 3.63) is 76.0 Å². The molecule has 2 aromatic carbocycles. The van der Waals surface area contributed by atoms with Crippen molar-refractivity contribution in [3.63, 3.8) is 0 Å². The van der Waals surface area contributed by atoms with E-state index in [9.17, 15) is 10.1 Å². The first-order valence-electron chi connectivity index (χ1n) is 9.25. The summed E-state index contributed by atoms with van der Waals surface area (Å²) >= 11 is 1.31. The maximum absolute atomic E-state index is 12.4. The number of ether oxygens (including phenoxy) is 2. The number of nitrogens with two attached hydrogens (primary N) is 1. The number of carbonyl (C=O) groups is 1. The van der Waals surface area contributed by atoms with Crippen molar-refractivity contribution < 1.29 is 14.3 Å². The van der Waals surface area contributed by atoms with Gasteiger partial charge in [0.15, 0.2) is 0 Å². The fraction of sp³-hybridized carbons (Fsp3) is 0.217. The molecule has 1 aliphatic rings. The fourth-order valence-electron chi connectivity index (χ4n) is 3.88. The standard InChI is InChI=1S/C23H23N3O3S/c1-14-20(15-9-5-7-11-18(15)28-2)21(16-10-6-8-12-19(16)29-3)17(13-24)22(30-4)26(14)23(25)27/h5-12,21H,1-4H3,(H2,25,27). The number of thioether (sulfide) groups is 1. The first kappa shape index (κ1) is 21.3. The summed E-state index contributed by atoms with van der Waals surface area (Å²) in [5, 5.41) is 10.7. The molecule has 0 aromatic heterocycles. The lowest BCUT2D eigenvalue weighted by Crippen LogP contribution is -2.37. The van der Waals surface area contributed by atoms with E-state index in [1.807, 2.05) is 61.7 Å². The average molecular weight is 422 g/mol. The Balaban J connectivity index is 2.44. The topological polar surface area (TPSA) is 88.6 Å². The summed E-state index contributed by atoms with van der Waals surface area (Å²) in [6.07, 6.45) is 1.82. The van der Waals surface area contributed by atoms with Crippen LogP contribution in [0.5, 0.6) is 11.5 Å². The van der Waals surface area contributed by atoms with E-state index in [0.29, 0.717) is 27.8 Å². The van der Waals surface area contributed by atoms with Gasteiger partial charge < -0.3 is 15.2 Å². The van der Waals surface area contributed by atoms with Crippen LogP contribution in [0.1, 0.15) is 24.0 Å². The summed E-state index contributed by atoms with van der Waals surface area (Å²) in [6.45, 7) is 1.83. The Morgan fingerprint density at radius 1 is 1.10 bits per heavy atom. The van der Waals surface area contributed by atoms with Crippen LogP contribution in [0.15, 0.2) is 64.8 Å². The van der Waals surface area contributed by atoms with Crippen LogP contribution in [0.3, 0.4) is 0 Å². The van der Waals surface area contributed by atoms with E-state index in [1.54, 1.807) is 14.2 Å². The van der Waals surface area contributed by atoms with Gasteiger partial charge in [-0.15, -0.1) is 11.8 Å². The smallest absolute Gasteiger partial charge is 0.324 e. The third kappa shape index (κ3) is 3.51. The molecule has 0 radical (unpaired) electrons. The number of methoxy groups -OCH3 is 2. The molecule has 1 heterocycles. The minimum absolute atomic E-state index is 0.428. The number of nitriles is 1. The first-order valence-corrected chi connectivity index (χ1v) is 10.5. The Morgan fingerprint density at radius 2 is 1.70 bits per heavy atom. The highest BCUT2D eigenvalue weighted by Crippen LogP contribution is 2.51. The number of allylic oxidation sites excluding steroid dienone is 3. The zero-order valence-electron chi connectivity index (χ0n) is 17.3. The van der Waals surface area contributed by atoms with Gasteiger partial charge >= 0.3 is 6.03 Å². The highest BCUT2D eigenvalue weighted by Gasteiger charge is 2.39. The van der Waals surface area contributed by atoms with Crippen LogP contribution < -0.4 is 15.2 Å². The molecule has 7 heteroatoms. The normalized spacial score (nSPS) is 16.4. The molecule has 0 bridgehead atoms. The first-order chi connectivity index (χ1) is 14.5. The molecule has 2 N–H and O–H groups in total. The molecule has 1 aliphatic heterocycles. The molecule has 3 rings (SSSR count). The molecular formula is C23H23N3O3S. The lowest BCUT2D eigenvalue weighted by molar-refractivity contribution is 0.231. The van der Waals surface area contributed by atoms with E-state index in [4.69, 9.17) is 15.2 Å². The molecule has 0 fully saturated rings. The van der Waals surface area contributed by atoms with Crippen LogP contribution in [-0.4, -0.2) is 31.4 Å². The van der Waals surface area contributed by atoms with Gasteiger partial charge in [0, 0.05) is 16.8 Å². The van der Waals surface area contributed by atoms with E-state index in [0.717, 1.165) is 16.7 Å². The van der Waals surface area contributed by atoms with Crippen molar-refractivity contribution in [3.8, 4) is 17.6 Å².